The first kappa shape index (κ1) is 14.6. The van der Waals surface area contributed by atoms with Crippen LogP contribution in [0.25, 0.3) is 10.2 Å². The van der Waals surface area contributed by atoms with Crippen molar-refractivity contribution in [3.05, 3.63) is 26.6 Å². The Morgan fingerprint density at radius 3 is 2.86 bits per heavy atom. The first-order valence-electron chi connectivity index (χ1n) is 7.64. The van der Waals surface area contributed by atoms with Crippen LogP contribution in [0.4, 0.5) is 0 Å². The fourth-order valence-electron chi connectivity index (χ4n) is 3.29. The van der Waals surface area contributed by atoms with E-state index in [1.807, 2.05) is 0 Å². The topological polar surface area (TPSA) is 60.9 Å². The Hall–Kier alpha value is -1.36. The molecule has 0 bridgehead atoms. The maximum absolute atomic E-state index is 12.4. The molecule has 0 aliphatic heterocycles. The van der Waals surface area contributed by atoms with Gasteiger partial charge in [0.05, 0.1) is 5.39 Å². The standard InChI is InChI=1S/C16H23N3OS/c1-5-16(3,4)10-6-7-11-12(8-10)21-14-13(11)15(20)19(17)9(2)18-14/h10H,5-8,17H2,1-4H3/t10-/m0/s1. The van der Waals surface area contributed by atoms with Crippen LogP contribution in [0, 0.1) is 18.3 Å². The van der Waals surface area contributed by atoms with Crippen molar-refractivity contribution in [3.63, 3.8) is 0 Å². The zero-order valence-corrected chi connectivity index (χ0v) is 14.0. The third-order valence-corrected chi connectivity index (χ3v) is 6.46. The monoisotopic (exact) mass is 305 g/mol. The van der Waals surface area contributed by atoms with Gasteiger partial charge in [-0.1, -0.05) is 27.2 Å². The molecule has 1 aliphatic carbocycles. The van der Waals surface area contributed by atoms with Crippen molar-refractivity contribution in [2.45, 2.75) is 53.4 Å². The van der Waals surface area contributed by atoms with Crippen LogP contribution >= 0.6 is 11.3 Å². The molecule has 0 saturated carbocycles. The smallest absolute Gasteiger partial charge is 0.280 e. The van der Waals surface area contributed by atoms with Gasteiger partial charge < -0.3 is 5.84 Å². The molecule has 2 N–H and O–H groups in total. The predicted octanol–water partition coefficient (Wildman–Crippen LogP) is 3.02. The molecule has 5 heteroatoms. The lowest BCUT2D eigenvalue weighted by Crippen LogP contribution is -2.31. The summed E-state index contributed by atoms with van der Waals surface area (Å²) in [6, 6.07) is 0. The summed E-state index contributed by atoms with van der Waals surface area (Å²) in [5, 5.41) is 0.760. The molecule has 2 heterocycles. The van der Waals surface area contributed by atoms with Crippen LogP contribution in [0.2, 0.25) is 0 Å². The van der Waals surface area contributed by atoms with Gasteiger partial charge in [0, 0.05) is 4.88 Å². The fourth-order valence-corrected chi connectivity index (χ4v) is 4.63. The van der Waals surface area contributed by atoms with Crippen molar-refractivity contribution in [2.75, 3.05) is 5.84 Å². The van der Waals surface area contributed by atoms with E-state index in [-0.39, 0.29) is 5.56 Å². The van der Waals surface area contributed by atoms with Gasteiger partial charge >= 0.3 is 0 Å². The molecule has 3 rings (SSSR count). The van der Waals surface area contributed by atoms with Crippen molar-refractivity contribution >= 4 is 21.6 Å². The van der Waals surface area contributed by atoms with Crippen molar-refractivity contribution in [1.82, 2.24) is 9.66 Å². The van der Waals surface area contributed by atoms with E-state index in [0.29, 0.717) is 17.2 Å². The second-order valence-corrected chi connectivity index (χ2v) is 7.88. The van der Waals surface area contributed by atoms with Gasteiger partial charge in [-0.2, -0.15) is 0 Å². The number of hydrogen-bond donors (Lipinski definition) is 1. The average molecular weight is 305 g/mol. The normalized spacial score (nSPS) is 19.0. The van der Waals surface area contributed by atoms with Crippen LogP contribution in [0.15, 0.2) is 4.79 Å². The summed E-state index contributed by atoms with van der Waals surface area (Å²) in [6.07, 6.45) is 4.38. The summed E-state index contributed by atoms with van der Waals surface area (Å²) < 4.78 is 1.18. The molecular weight excluding hydrogens is 282 g/mol. The quantitative estimate of drug-likeness (QED) is 0.868. The zero-order valence-electron chi connectivity index (χ0n) is 13.2. The van der Waals surface area contributed by atoms with E-state index >= 15 is 0 Å². The summed E-state index contributed by atoms with van der Waals surface area (Å²) in [5.41, 5.74) is 1.46. The van der Waals surface area contributed by atoms with Crippen molar-refractivity contribution in [2.24, 2.45) is 11.3 Å². The molecule has 0 fully saturated rings. The number of hydrogen-bond acceptors (Lipinski definition) is 4. The fraction of sp³-hybridized carbons (Fsp3) is 0.625. The van der Waals surface area contributed by atoms with Crippen molar-refractivity contribution < 1.29 is 0 Å². The number of nitrogens with zero attached hydrogens (tertiary/aromatic N) is 2. The van der Waals surface area contributed by atoms with Crippen LogP contribution in [-0.4, -0.2) is 9.66 Å². The first-order valence-corrected chi connectivity index (χ1v) is 8.45. The van der Waals surface area contributed by atoms with Gasteiger partial charge in [0.15, 0.2) is 0 Å². The van der Waals surface area contributed by atoms with Gasteiger partial charge in [-0.3, -0.25) is 4.79 Å². The molecule has 1 atom stereocenters. The van der Waals surface area contributed by atoms with Gasteiger partial charge in [0.2, 0.25) is 0 Å². The van der Waals surface area contributed by atoms with E-state index in [2.05, 4.69) is 25.8 Å². The largest absolute Gasteiger partial charge is 0.335 e. The Kier molecular flexibility index (Phi) is 3.35. The second-order valence-electron chi connectivity index (χ2n) is 6.80. The Morgan fingerprint density at radius 1 is 1.48 bits per heavy atom. The van der Waals surface area contributed by atoms with Gasteiger partial charge in [0.1, 0.15) is 10.7 Å². The first-order chi connectivity index (χ1) is 9.85. The second kappa shape index (κ2) is 4.83. The molecule has 0 saturated heterocycles. The van der Waals surface area contributed by atoms with Crippen molar-refractivity contribution in [3.8, 4) is 0 Å². The number of nitrogens with two attached hydrogens (primary N) is 1. The predicted molar refractivity (Wildman–Crippen MR) is 88.4 cm³/mol. The molecule has 114 valence electrons. The molecule has 1 aliphatic rings. The minimum Gasteiger partial charge on any atom is -0.335 e. The number of fused-ring (bicyclic) bond motifs is 3. The molecule has 21 heavy (non-hydrogen) atoms. The number of aryl methyl sites for hydroxylation is 2. The highest BCUT2D eigenvalue weighted by Crippen LogP contribution is 2.43. The third-order valence-electron chi connectivity index (χ3n) is 5.31. The average Bonchev–Trinajstić information content (AvgIpc) is 2.81. The molecule has 0 amide bonds. The minimum atomic E-state index is -0.0943. The highest BCUT2D eigenvalue weighted by molar-refractivity contribution is 7.18. The van der Waals surface area contributed by atoms with Crippen molar-refractivity contribution in [1.29, 1.82) is 0 Å². The number of aromatic nitrogens is 2. The van der Waals surface area contributed by atoms with Gasteiger partial charge in [-0.25, -0.2) is 9.66 Å². The Morgan fingerprint density at radius 2 is 2.19 bits per heavy atom. The van der Waals surface area contributed by atoms with E-state index < -0.39 is 0 Å². The van der Waals surface area contributed by atoms with E-state index in [1.165, 1.54) is 21.5 Å². The lowest BCUT2D eigenvalue weighted by atomic mass is 9.70. The minimum absolute atomic E-state index is 0.0943. The third kappa shape index (κ3) is 2.18. The summed E-state index contributed by atoms with van der Waals surface area (Å²) in [5.74, 6) is 7.07. The van der Waals surface area contributed by atoms with E-state index in [4.69, 9.17) is 5.84 Å². The molecule has 2 aromatic heterocycles. The Bertz CT molecular complexity index is 757. The molecule has 2 aromatic rings. The maximum atomic E-state index is 12.4. The molecule has 0 aromatic carbocycles. The van der Waals surface area contributed by atoms with E-state index in [9.17, 15) is 4.79 Å². The molecule has 0 radical (unpaired) electrons. The van der Waals surface area contributed by atoms with Crippen LogP contribution in [0.1, 0.15) is 49.9 Å². The van der Waals surface area contributed by atoms with Gasteiger partial charge in [0.25, 0.3) is 5.56 Å². The lowest BCUT2D eigenvalue weighted by molar-refractivity contribution is 0.184. The zero-order chi connectivity index (χ0) is 15.4. The maximum Gasteiger partial charge on any atom is 0.280 e. The molecule has 4 nitrogen and oxygen atoms in total. The SMILES string of the molecule is CCC(C)(C)[C@H]1CCc2c(sc3nc(C)n(N)c(=O)c23)C1. The van der Waals surface area contributed by atoms with Crippen LogP contribution in [0.3, 0.4) is 0 Å². The lowest BCUT2D eigenvalue weighted by Gasteiger charge is -2.36. The highest BCUT2D eigenvalue weighted by atomic mass is 32.1. The molecular formula is C16H23N3OS. The van der Waals surface area contributed by atoms with Gasteiger partial charge in [-0.15, -0.1) is 11.3 Å². The van der Waals surface area contributed by atoms with Crippen LogP contribution < -0.4 is 11.4 Å². The Balaban J connectivity index is 2.12. The van der Waals surface area contributed by atoms with E-state index in [1.54, 1.807) is 18.3 Å². The van der Waals surface area contributed by atoms with Crippen LogP contribution in [0.5, 0.6) is 0 Å². The highest BCUT2D eigenvalue weighted by Gasteiger charge is 2.33. The summed E-state index contributed by atoms with van der Waals surface area (Å²) in [6.45, 7) is 8.75. The van der Waals surface area contributed by atoms with Gasteiger partial charge in [-0.05, 0) is 43.1 Å². The summed E-state index contributed by atoms with van der Waals surface area (Å²) in [4.78, 5) is 19.1. The molecule has 0 unspecified atom stereocenters. The summed E-state index contributed by atoms with van der Waals surface area (Å²) >= 11 is 1.69. The number of thiophene rings is 1. The number of nitrogen functional groups attached to an aromatic ring is 1. The molecule has 0 spiro atoms. The number of rotatable bonds is 2. The Labute approximate surface area is 129 Å². The van der Waals surface area contributed by atoms with Crippen LogP contribution in [-0.2, 0) is 12.8 Å². The summed E-state index contributed by atoms with van der Waals surface area (Å²) in [7, 11) is 0. The van der Waals surface area contributed by atoms with E-state index in [0.717, 1.165) is 29.5 Å².